The van der Waals surface area contributed by atoms with Gasteiger partial charge in [0, 0.05) is 5.69 Å². The van der Waals surface area contributed by atoms with Gasteiger partial charge in [0.2, 0.25) is 17.0 Å². The summed E-state index contributed by atoms with van der Waals surface area (Å²) in [6.07, 6.45) is 0. The summed E-state index contributed by atoms with van der Waals surface area (Å²) in [5.74, 6) is 4.83. The molecule has 0 unspecified atom stereocenters. The van der Waals surface area contributed by atoms with Gasteiger partial charge >= 0.3 is 0 Å². The van der Waals surface area contributed by atoms with Gasteiger partial charge in [-0.1, -0.05) is 30.0 Å². The monoisotopic (exact) mass is 376 g/mol. The van der Waals surface area contributed by atoms with Gasteiger partial charge in [0.05, 0.1) is 12.3 Å². The number of thioether (sulfide) groups is 1. The molecule has 0 aliphatic heterocycles. The molecule has 9 nitrogen and oxygen atoms in total. The van der Waals surface area contributed by atoms with E-state index in [1.54, 1.807) is 0 Å². The van der Waals surface area contributed by atoms with E-state index in [9.17, 15) is 14.4 Å². The number of carbonyl (C=O) groups is 2. The Bertz CT molecular complexity index is 876. The van der Waals surface area contributed by atoms with Crippen molar-refractivity contribution in [3.05, 3.63) is 45.4 Å². The minimum atomic E-state index is -0.476. The number of hydrogen-bond acceptors (Lipinski definition) is 7. The van der Waals surface area contributed by atoms with E-state index in [0.29, 0.717) is 0 Å². The van der Waals surface area contributed by atoms with Crippen molar-refractivity contribution in [1.29, 1.82) is 0 Å². The number of amides is 2. The van der Waals surface area contributed by atoms with Gasteiger partial charge in [0.1, 0.15) is 5.69 Å². The van der Waals surface area contributed by atoms with Crippen LogP contribution in [0.25, 0.3) is 0 Å². The molecule has 0 spiro atoms. The first kappa shape index (κ1) is 19.4. The molecule has 0 aliphatic rings. The normalized spacial score (nSPS) is 10.4. The van der Waals surface area contributed by atoms with Crippen molar-refractivity contribution in [3.8, 4) is 0 Å². The topological polar surface area (TPSA) is 132 Å². The van der Waals surface area contributed by atoms with Crippen LogP contribution >= 0.6 is 11.8 Å². The highest BCUT2D eigenvalue weighted by molar-refractivity contribution is 7.99. The first-order chi connectivity index (χ1) is 12.3. The predicted molar refractivity (Wildman–Crippen MR) is 99.5 cm³/mol. The van der Waals surface area contributed by atoms with Crippen molar-refractivity contribution in [3.63, 3.8) is 0 Å². The molecule has 0 aliphatic carbocycles. The number of aryl methyl sites for hydroxylation is 3. The Kier molecular flexibility index (Phi) is 6.34. The SMILES string of the molecule is Cc1cccc(C)c1NC(=O)CNC(=O)CSc1nnc(C)c(=O)n1N. The van der Waals surface area contributed by atoms with Crippen molar-refractivity contribution in [2.24, 2.45) is 0 Å². The van der Waals surface area contributed by atoms with Gasteiger partial charge in [0.15, 0.2) is 0 Å². The van der Waals surface area contributed by atoms with Gasteiger partial charge in [-0.25, -0.2) is 0 Å². The Morgan fingerprint density at radius 1 is 1.15 bits per heavy atom. The first-order valence-corrected chi connectivity index (χ1v) is 8.75. The molecule has 0 saturated carbocycles. The van der Waals surface area contributed by atoms with Crippen molar-refractivity contribution in [1.82, 2.24) is 20.2 Å². The molecule has 0 atom stereocenters. The summed E-state index contributed by atoms with van der Waals surface area (Å²) in [7, 11) is 0. The molecule has 4 N–H and O–H groups in total. The van der Waals surface area contributed by atoms with E-state index in [2.05, 4.69) is 20.8 Å². The number of aromatic nitrogens is 3. The Hall–Kier alpha value is -2.88. The molecular weight excluding hydrogens is 356 g/mol. The van der Waals surface area contributed by atoms with E-state index < -0.39 is 5.56 Å². The molecule has 1 aromatic heterocycles. The second kappa shape index (κ2) is 8.48. The summed E-state index contributed by atoms with van der Waals surface area (Å²) in [6.45, 7) is 5.12. The van der Waals surface area contributed by atoms with Gasteiger partial charge in [-0.3, -0.25) is 14.4 Å². The van der Waals surface area contributed by atoms with Crippen LogP contribution in [-0.2, 0) is 9.59 Å². The Morgan fingerprint density at radius 2 is 1.81 bits per heavy atom. The van der Waals surface area contributed by atoms with Crippen molar-refractivity contribution >= 4 is 29.3 Å². The maximum absolute atomic E-state index is 12.0. The molecule has 0 fully saturated rings. The van der Waals surface area contributed by atoms with Crippen molar-refractivity contribution in [2.75, 3.05) is 23.5 Å². The van der Waals surface area contributed by atoms with Crippen LogP contribution in [0.5, 0.6) is 0 Å². The van der Waals surface area contributed by atoms with Crippen molar-refractivity contribution in [2.45, 2.75) is 25.9 Å². The molecular formula is C16H20N6O3S. The lowest BCUT2D eigenvalue weighted by Crippen LogP contribution is -2.35. The number of rotatable bonds is 6. The molecule has 0 radical (unpaired) electrons. The zero-order valence-corrected chi connectivity index (χ0v) is 15.5. The van der Waals surface area contributed by atoms with Crippen LogP contribution in [0, 0.1) is 20.8 Å². The number of para-hydroxylation sites is 1. The second-order valence-corrected chi connectivity index (χ2v) is 6.57. The molecule has 1 aromatic carbocycles. The maximum atomic E-state index is 12.0. The highest BCUT2D eigenvalue weighted by Crippen LogP contribution is 2.19. The Labute approximate surface area is 154 Å². The maximum Gasteiger partial charge on any atom is 0.294 e. The number of carbonyl (C=O) groups excluding carboxylic acids is 2. The number of nitrogens with one attached hydrogen (secondary N) is 2. The fourth-order valence-electron chi connectivity index (χ4n) is 2.12. The number of hydrogen-bond donors (Lipinski definition) is 3. The average Bonchev–Trinajstić information content (AvgIpc) is 2.60. The lowest BCUT2D eigenvalue weighted by molar-refractivity contribution is -0.122. The molecule has 2 amide bonds. The number of nitrogens with two attached hydrogens (primary N) is 1. The summed E-state index contributed by atoms with van der Waals surface area (Å²) >= 11 is 0.959. The lowest BCUT2D eigenvalue weighted by atomic mass is 10.1. The third-order valence-corrected chi connectivity index (χ3v) is 4.49. The van der Waals surface area contributed by atoms with Crippen LogP contribution in [0.15, 0.2) is 28.2 Å². The van der Waals surface area contributed by atoms with Gasteiger partial charge in [-0.05, 0) is 31.9 Å². The quantitative estimate of drug-likeness (QED) is 0.482. The molecule has 2 aromatic rings. The van der Waals surface area contributed by atoms with E-state index >= 15 is 0 Å². The van der Waals surface area contributed by atoms with Crippen LogP contribution in [0.2, 0.25) is 0 Å². The summed E-state index contributed by atoms with van der Waals surface area (Å²) in [5, 5.41) is 12.9. The number of anilines is 1. The highest BCUT2D eigenvalue weighted by Gasteiger charge is 2.12. The van der Waals surface area contributed by atoms with E-state index in [-0.39, 0.29) is 35.0 Å². The van der Waals surface area contributed by atoms with Crippen LogP contribution in [-0.4, -0.2) is 39.0 Å². The molecule has 0 bridgehead atoms. The van der Waals surface area contributed by atoms with Crippen LogP contribution in [0.3, 0.4) is 0 Å². The largest absolute Gasteiger partial charge is 0.346 e. The summed E-state index contributed by atoms with van der Waals surface area (Å²) in [5.41, 5.74) is 2.32. The molecule has 10 heteroatoms. The predicted octanol–water partition coefficient (Wildman–Crippen LogP) is 0.124. The van der Waals surface area contributed by atoms with E-state index in [1.165, 1.54) is 6.92 Å². The van der Waals surface area contributed by atoms with Crippen LogP contribution in [0.4, 0.5) is 5.69 Å². The number of nitrogens with zero attached hydrogens (tertiary/aromatic N) is 3. The fourth-order valence-corrected chi connectivity index (χ4v) is 2.81. The summed E-state index contributed by atoms with van der Waals surface area (Å²) in [4.78, 5) is 35.5. The highest BCUT2D eigenvalue weighted by atomic mass is 32.2. The average molecular weight is 376 g/mol. The third kappa shape index (κ3) is 4.82. The second-order valence-electron chi connectivity index (χ2n) is 5.62. The number of benzene rings is 1. The summed E-state index contributed by atoms with van der Waals surface area (Å²) < 4.78 is 0.841. The van der Waals surface area contributed by atoms with E-state index in [1.807, 2.05) is 32.0 Å². The van der Waals surface area contributed by atoms with Gasteiger partial charge in [-0.15, -0.1) is 10.2 Å². The third-order valence-electron chi connectivity index (χ3n) is 3.54. The first-order valence-electron chi connectivity index (χ1n) is 7.76. The molecule has 26 heavy (non-hydrogen) atoms. The zero-order chi connectivity index (χ0) is 19.3. The van der Waals surface area contributed by atoms with Gasteiger partial charge in [0.25, 0.3) is 5.56 Å². The van der Waals surface area contributed by atoms with E-state index in [0.717, 1.165) is 33.3 Å². The Morgan fingerprint density at radius 3 is 2.46 bits per heavy atom. The molecule has 2 rings (SSSR count). The van der Waals surface area contributed by atoms with Gasteiger partial charge in [-0.2, -0.15) is 4.68 Å². The lowest BCUT2D eigenvalue weighted by Gasteiger charge is -2.12. The minimum Gasteiger partial charge on any atom is -0.346 e. The van der Waals surface area contributed by atoms with Crippen LogP contribution < -0.4 is 22.0 Å². The molecule has 1 heterocycles. The Balaban J connectivity index is 1.84. The minimum absolute atomic E-state index is 0.0505. The molecule has 138 valence electrons. The number of nitrogen functional groups attached to an aromatic ring is 1. The van der Waals surface area contributed by atoms with Crippen LogP contribution in [0.1, 0.15) is 16.8 Å². The van der Waals surface area contributed by atoms with E-state index in [4.69, 9.17) is 5.84 Å². The fraction of sp³-hybridized carbons (Fsp3) is 0.312. The molecule has 0 saturated heterocycles. The summed E-state index contributed by atoms with van der Waals surface area (Å²) in [6, 6.07) is 5.70. The van der Waals surface area contributed by atoms with Gasteiger partial charge < -0.3 is 16.5 Å². The zero-order valence-electron chi connectivity index (χ0n) is 14.7. The smallest absolute Gasteiger partial charge is 0.294 e. The standard InChI is InChI=1S/C16H20N6O3S/c1-9-5-4-6-10(2)14(9)19-12(23)7-18-13(24)8-26-16-21-20-11(3)15(25)22(16)17/h4-6H,7-8,17H2,1-3H3,(H,18,24)(H,19,23). The van der Waals surface area contributed by atoms with Crippen molar-refractivity contribution < 1.29 is 9.59 Å².